The average Bonchev–Trinajstić information content (AvgIpc) is 3.55. The number of nitrogens with two attached hydrogens (primary N) is 2. The lowest BCUT2D eigenvalue weighted by Gasteiger charge is -2.24. The summed E-state index contributed by atoms with van der Waals surface area (Å²) in [6.07, 6.45) is 11.7. The van der Waals surface area contributed by atoms with Crippen molar-refractivity contribution in [3.63, 3.8) is 0 Å². The summed E-state index contributed by atoms with van der Waals surface area (Å²) in [5, 5.41) is 16.9. The molecule has 198 valence electrons. The van der Waals surface area contributed by atoms with Crippen LogP contribution in [0.5, 0.6) is 0 Å². The van der Waals surface area contributed by atoms with Gasteiger partial charge in [-0.3, -0.25) is 4.98 Å². The molecule has 2 atom stereocenters. The van der Waals surface area contributed by atoms with E-state index in [1.165, 1.54) is 37.8 Å². The van der Waals surface area contributed by atoms with Crippen LogP contribution in [-0.4, -0.2) is 52.1 Å². The van der Waals surface area contributed by atoms with E-state index in [1.807, 2.05) is 12.4 Å². The third-order valence-electron chi connectivity index (χ3n) is 7.44. The van der Waals surface area contributed by atoms with Gasteiger partial charge in [0, 0.05) is 54.1 Å². The van der Waals surface area contributed by atoms with Gasteiger partial charge < -0.3 is 27.5 Å². The lowest BCUT2D eigenvalue weighted by molar-refractivity contribution is 0.411. The maximum absolute atomic E-state index is 6.59. The molecule has 2 aliphatic rings. The number of nitrogens with zero attached hydrogens (tertiary/aromatic N) is 4. The molecule has 1 saturated carbocycles. The first-order valence-corrected chi connectivity index (χ1v) is 13.8. The topological polar surface area (TPSA) is 143 Å². The molecular formula is C27H38BrN9. The van der Waals surface area contributed by atoms with Gasteiger partial charge in [-0.1, -0.05) is 24.6 Å². The zero-order valence-corrected chi connectivity index (χ0v) is 22.9. The number of hydrogen-bond acceptors (Lipinski definition) is 8. The summed E-state index contributed by atoms with van der Waals surface area (Å²) in [5.74, 6) is 1.34. The van der Waals surface area contributed by atoms with E-state index in [0.717, 1.165) is 51.9 Å². The smallest absolute Gasteiger partial charge is 0.165 e. The van der Waals surface area contributed by atoms with Gasteiger partial charge in [0.2, 0.25) is 0 Å². The van der Waals surface area contributed by atoms with Gasteiger partial charge in [0.25, 0.3) is 0 Å². The summed E-state index contributed by atoms with van der Waals surface area (Å²) in [7, 11) is 0. The van der Waals surface area contributed by atoms with E-state index in [9.17, 15) is 0 Å². The summed E-state index contributed by atoms with van der Waals surface area (Å²) in [6.45, 7) is 8.99. The van der Waals surface area contributed by atoms with Gasteiger partial charge in [0.15, 0.2) is 5.65 Å². The second-order valence-corrected chi connectivity index (χ2v) is 10.7. The molecule has 1 saturated heterocycles. The fraction of sp³-hybridized carbons (Fsp3) is 0.481. The number of fused-ring (bicyclic) bond motifs is 1. The summed E-state index contributed by atoms with van der Waals surface area (Å²) < 4.78 is 2.53. The second kappa shape index (κ2) is 12.7. The van der Waals surface area contributed by atoms with Crippen LogP contribution >= 0.6 is 15.9 Å². The molecule has 37 heavy (non-hydrogen) atoms. The first-order chi connectivity index (χ1) is 18.0. The molecule has 0 amide bonds. The van der Waals surface area contributed by atoms with Crippen LogP contribution in [0.3, 0.4) is 0 Å². The number of halogens is 1. The highest BCUT2D eigenvalue weighted by Crippen LogP contribution is 2.39. The number of nitrogen functional groups attached to an aromatic ring is 1. The molecule has 4 heterocycles. The van der Waals surface area contributed by atoms with Gasteiger partial charge in [-0.05, 0) is 73.8 Å². The Balaban J connectivity index is 0.00000156. The Bertz CT molecular complexity index is 1200. The Labute approximate surface area is 227 Å². The molecule has 0 radical (unpaired) electrons. The molecule has 2 fully saturated rings. The molecule has 3 aromatic rings. The molecule has 1 aliphatic heterocycles. The minimum Gasteiger partial charge on any atom is -0.383 e. The van der Waals surface area contributed by atoms with Crippen molar-refractivity contribution in [3.8, 4) is 11.1 Å². The zero-order chi connectivity index (χ0) is 26.4. The Hall–Kier alpha value is -2.66. The molecule has 1 aliphatic carbocycles. The van der Waals surface area contributed by atoms with Crippen LogP contribution in [0.1, 0.15) is 68.2 Å². The van der Waals surface area contributed by atoms with E-state index in [2.05, 4.69) is 57.1 Å². The van der Waals surface area contributed by atoms with E-state index >= 15 is 0 Å². The van der Waals surface area contributed by atoms with E-state index in [-0.39, 0.29) is 5.92 Å². The Kier molecular flexibility index (Phi) is 9.42. The molecule has 3 aromatic heterocycles. The number of hydrogen-bond donors (Lipinski definition) is 5. The third kappa shape index (κ3) is 6.09. The maximum atomic E-state index is 6.59. The van der Waals surface area contributed by atoms with Gasteiger partial charge in [-0.15, -0.1) is 0 Å². The summed E-state index contributed by atoms with van der Waals surface area (Å²) in [4.78, 5) is 9.92. The second-order valence-electron chi connectivity index (χ2n) is 9.90. The van der Waals surface area contributed by atoms with Gasteiger partial charge in [0.05, 0.1) is 16.4 Å². The molecule has 0 aromatic carbocycles. The Morgan fingerprint density at radius 3 is 2.68 bits per heavy atom. The van der Waals surface area contributed by atoms with Crippen LogP contribution in [0, 0.1) is 5.41 Å². The lowest BCUT2D eigenvalue weighted by atomic mass is 9.82. The first kappa shape index (κ1) is 27.4. The predicted octanol–water partition coefficient (Wildman–Crippen LogP) is 4.35. The number of rotatable bonds is 10. The monoisotopic (exact) mass is 567 g/mol. The normalized spacial score (nSPS) is 18.3. The minimum absolute atomic E-state index is 0.168. The number of anilines is 1. The summed E-state index contributed by atoms with van der Waals surface area (Å²) in [6, 6.07) is 4.75. The molecule has 10 heteroatoms. The van der Waals surface area contributed by atoms with E-state index in [1.54, 1.807) is 4.52 Å². The number of nitrogens with one attached hydrogen (secondary N) is 3. The van der Waals surface area contributed by atoms with Crippen LogP contribution < -0.4 is 22.1 Å². The first-order valence-electron chi connectivity index (χ1n) is 13.0. The minimum atomic E-state index is 0.168. The standard InChI is InChI=1S/C26H35BrN8.CH3N/c1-16(12-30-15-28)10-19(11-20-6-3-9-31-20)24-23(27)25(29)35-26(34-24)21(14-33-35)18-7-8-22(32-13-18)17-4-2-5-17;1-2/h7-8,13-14,17,19-20,30-31H,1-6,9-12,15,28-29H2;2H,1H2. The van der Waals surface area contributed by atoms with Crippen molar-refractivity contribution in [1.29, 1.82) is 5.41 Å². The molecule has 7 N–H and O–H groups in total. The van der Waals surface area contributed by atoms with Crippen molar-refractivity contribution in [2.75, 3.05) is 25.5 Å². The SMILES string of the molecule is C=C(CNCN)CC(CC1CCCN1)c1nc2c(-c3ccc(C4CCC4)nc3)cnn2c(N)c1Br.C=N. The van der Waals surface area contributed by atoms with Crippen molar-refractivity contribution in [3.05, 3.63) is 52.5 Å². The fourth-order valence-corrected chi connectivity index (χ4v) is 5.84. The Morgan fingerprint density at radius 2 is 2.05 bits per heavy atom. The maximum Gasteiger partial charge on any atom is 0.165 e. The third-order valence-corrected chi connectivity index (χ3v) is 8.25. The molecular weight excluding hydrogens is 530 g/mol. The van der Waals surface area contributed by atoms with Crippen LogP contribution in [0.15, 0.2) is 41.2 Å². The Morgan fingerprint density at radius 1 is 1.24 bits per heavy atom. The summed E-state index contributed by atoms with van der Waals surface area (Å²) in [5.41, 5.74) is 18.2. The van der Waals surface area contributed by atoms with E-state index in [0.29, 0.717) is 31.0 Å². The highest BCUT2D eigenvalue weighted by molar-refractivity contribution is 9.10. The van der Waals surface area contributed by atoms with Gasteiger partial charge >= 0.3 is 0 Å². The van der Waals surface area contributed by atoms with Crippen LogP contribution in [0.4, 0.5) is 5.82 Å². The van der Waals surface area contributed by atoms with Crippen molar-refractivity contribution in [1.82, 2.24) is 30.2 Å². The molecule has 0 spiro atoms. The largest absolute Gasteiger partial charge is 0.383 e. The molecule has 5 rings (SSSR count). The summed E-state index contributed by atoms with van der Waals surface area (Å²) >= 11 is 3.75. The molecule has 2 unspecified atom stereocenters. The van der Waals surface area contributed by atoms with Crippen molar-refractivity contribution in [2.24, 2.45) is 5.73 Å². The van der Waals surface area contributed by atoms with Crippen molar-refractivity contribution in [2.45, 2.75) is 62.8 Å². The van der Waals surface area contributed by atoms with E-state index < -0.39 is 0 Å². The predicted molar refractivity (Wildman–Crippen MR) is 154 cm³/mol. The highest BCUT2D eigenvalue weighted by Gasteiger charge is 2.27. The van der Waals surface area contributed by atoms with E-state index in [4.69, 9.17) is 26.8 Å². The number of aromatic nitrogens is 4. The van der Waals surface area contributed by atoms with Crippen LogP contribution in [-0.2, 0) is 0 Å². The quantitative estimate of drug-likeness (QED) is 0.139. The van der Waals surface area contributed by atoms with Gasteiger partial charge in [-0.2, -0.15) is 9.61 Å². The number of pyridine rings is 1. The van der Waals surface area contributed by atoms with Crippen LogP contribution in [0.2, 0.25) is 0 Å². The van der Waals surface area contributed by atoms with Gasteiger partial charge in [0.1, 0.15) is 5.82 Å². The lowest BCUT2D eigenvalue weighted by Crippen LogP contribution is -2.27. The average molecular weight is 569 g/mol. The van der Waals surface area contributed by atoms with Crippen molar-refractivity contribution < 1.29 is 0 Å². The van der Waals surface area contributed by atoms with Gasteiger partial charge in [-0.25, -0.2) is 4.98 Å². The molecule has 0 bridgehead atoms. The van der Waals surface area contributed by atoms with Crippen molar-refractivity contribution >= 4 is 34.1 Å². The fourth-order valence-electron chi connectivity index (χ4n) is 5.26. The zero-order valence-electron chi connectivity index (χ0n) is 21.3. The highest BCUT2D eigenvalue weighted by atomic mass is 79.9. The molecule has 9 nitrogen and oxygen atoms in total. The van der Waals surface area contributed by atoms with Crippen LogP contribution in [0.25, 0.3) is 16.8 Å².